The van der Waals surface area contributed by atoms with Crippen LogP contribution >= 0.6 is 0 Å². The zero-order valence-electron chi connectivity index (χ0n) is 13.3. The monoisotopic (exact) mass is 374 g/mol. The Morgan fingerprint density at radius 1 is 1.15 bits per heavy atom. The summed E-state index contributed by atoms with van der Waals surface area (Å²) < 4.78 is 39.6. The third-order valence-corrected chi connectivity index (χ3v) is 4.29. The number of halogens is 3. The van der Waals surface area contributed by atoms with E-state index in [1.54, 1.807) is 0 Å². The third kappa shape index (κ3) is 2.47. The molecule has 3 N–H and O–H groups in total. The first kappa shape index (κ1) is 16.8. The number of aromatic hydroxyl groups is 1. The highest BCUT2D eigenvalue weighted by molar-refractivity contribution is 6.56. The second kappa shape index (κ2) is 5.44. The largest absolute Gasteiger partial charge is 0.494 e. The number of carbonyl (C=O) groups is 2. The molecule has 136 valence electrons. The van der Waals surface area contributed by atoms with Crippen LogP contribution in [0.1, 0.15) is 31.8 Å². The van der Waals surface area contributed by atoms with Gasteiger partial charge in [0.05, 0.1) is 27.9 Å². The van der Waals surface area contributed by atoms with Crippen LogP contribution in [0, 0.1) is 0 Å². The van der Waals surface area contributed by atoms with E-state index in [9.17, 15) is 27.9 Å². The topological polar surface area (TPSA) is 103 Å². The van der Waals surface area contributed by atoms with Gasteiger partial charge in [0.2, 0.25) is 5.78 Å². The molecule has 0 amide bonds. The molecule has 4 rings (SSSR count). The average Bonchev–Trinajstić information content (AvgIpc) is 3.09. The number of H-pyrrole nitrogens is 1. The van der Waals surface area contributed by atoms with E-state index in [2.05, 4.69) is 9.98 Å². The van der Waals surface area contributed by atoms with E-state index in [1.165, 1.54) is 24.3 Å². The van der Waals surface area contributed by atoms with Gasteiger partial charge in [-0.2, -0.15) is 13.2 Å². The number of carboxylic acid groups (broad SMARTS) is 1. The summed E-state index contributed by atoms with van der Waals surface area (Å²) in [6.45, 7) is 0. The molecule has 0 atom stereocenters. The fraction of sp³-hybridized carbons (Fsp3) is 0.0556. The molecule has 0 aliphatic carbocycles. The highest BCUT2D eigenvalue weighted by atomic mass is 19.4. The molecule has 27 heavy (non-hydrogen) atoms. The van der Waals surface area contributed by atoms with E-state index in [0.29, 0.717) is 0 Å². The number of nitrogens with one attached hydrogen (secondary N) is 1. The molecule has 3 aromatic rings. The Morgan fingerprint density at radius 2 is 1.89 bits per heavy atom. The number of aromatic carboxylic acids is 1. The number of fused-ring (bicyclic) bond motifs is 2. The predicted octanol–water partition coefficient (Wildman–Crippen LogP) is 3.91. The summed E-state index contributed by atoms with van der Waals surface area (Å²) in [5.41, 5.74) is -1.67. The summed E-state index contributed by atoms with van der Waals surface area (Å²) in [5, 5.41) is 19.2. The van der Waals surface area contributed by atoms with E-state index < -0.39 is 29.4 Å². The number of carbonyl (C=O) groups excluding carboxylic acids is 1. The van der Waals surface area contributed by atoms with Crippen LogP contribution in [0.3, 0.4) is 0 Å². The van der Waals surface area contributed by atoms with Crippen LogP contribution in [0.4, 0.5) is 18.9 Å². The molecule has 0 spiro atoms. The fourth-order valence-electron chi connectivity index (χ4n) is 3.10. The second-order valence-electron chi connectivity index (χ2n) is 5.90. The molecule has 1 aliphatic rings. The standard InChI is InChI=1S/C18H9F3N2O4/c19-18(20,21)10-3-1-2-9-12(16(25)23-13(9)10)14-15(24)8-5-4-7(17(26)27)6-11(8)22-14/h1-6,23,25H,(H,26,27). The maximum absolute atomic E-state index is 13.2. The van der Waals surface area contributed by atoms with Gasteiger partial charge in [0, 0.05) is 10.9 Å². The summed E-state index contributed by atoms with van der Waals surface area (Å²) in [6, 6.07) is 7.05. The number of hydrogen-bond donors (Lipinski definition) is 3. The summed E-state index contributed by atoms with van der Waals surface area (Å²) in [4.78, 5) is 30.0. The van der Waals surface area contributed by atoms with E-state index >= 15 is 0 Å². The van der Waals surface area contributed by atoms with Crippen molar-refractivity contribution >= 4 is 34.1 Å². The molecule has 0 radical (unpaired) electrons. The first-order valence-electron chi connectivity index (χ1n) is 7.60. The molecule has 0 saturated carbocycles. The Labute approximate surface area is 148 Å². The lowest BCUT2D eigenvalue weighted by molar-refractivity contribution is -0.136. The Hall–Kier alpha value is -3.62. The molecular weight excluding hydrogens is 365 g/mol. The van der Waals surface area contributed by atoms with Crippen LogP contribution in [0.25, 0.3) is 10.9 Å². The molecule has 1 aliphatic heterocycles. The van der Waals surface area contributed by atoms with Gasteiger partial charge in [-0.25, -0.2) is 9.79 Å². The van der Waals surface area contributed by atoms with Crippen molar-refractivity contribution < 1.29 is 33.0 Å². The smallest absolute Gasteiger partial charge is 0.418 e. The van der Waals surface area contributed by atoms with Crippen LogP contribution in [0.2, 0.25) is 0 Å². The molecule has 1 aromatic heterocycles. The number of aromatic nitrogens is 1. The van der Waals surface area contributed by atoms with Gasteiger partial charge in [0.15, 0.2) is 5.88 Å². The minimum absolute atomic E-state index is 0.0133. The lowest BCUT2D eigenvalue weighted by Gasteiger charge is -2.07. The minimum atomic E-state index is -4.66. The zero-order chi connectivity index (χ0) is 19.5. The van der Waals surface area contributed by atoms with E-state index in [-0.39, 0.29) is 39.0 Å². The van der Waals surface area contributed by atoms with E-state index in [1.807, 2.05) is 0 Å². The number of rotatable bonds is 2. The highest BCUT2D eigenvalue weighted by Gasteiger charge is 2.36. The number of aliphatic imine (C=N–C) groups is 1. The summed E-state index contributed by atoms with van der Waals surface area (Å²) in [6.07, 6.45) is -4.66. The van der Waals surface area contributed by atoms with Crippen LogP contribution in [0.15, 0.2) is 41.4 Å². The molecule has 2 heterocycles. The number of hydrogen-bond acceptors (Lipinski definition) is 4. The lowest BCUT2D eigenvalue weighted by atomic mass is 10.00. The third-order valence-electron chi connectivity index (χ3n) is 4.29. The van der Waals surface area contributed by atoms with Crippen molar-refractivity contribution in [3.05, 3.63) is 58.7 Å². The van der Waals surface area contributed by atoms with Crippen molar-refractivity contribution in [3.63, 3.8) is 0 Å². The van der Waals surface area contributed by atoms with Crippen molar-refractivity contribution in [3.8, 4) is 5.88 Å². The molecular formula is C18H9F3N2O4. The average molecular weight is 374 g/mol. The predicted molar refractivity (Wildman–Crippen MR) is 88.9 cm³/mol. The number of Topliss-reactive ketones (excluding diaryl/α,β-unsaturated/α-hetero) is 1. The van der Waals surface area contributed by atoms with Gasteiger partial charge in [-0.05, 0) is 24.3 Å². The molecule has 0 saturated heterocycles. The maximum atomic E-state index is 13.2. The second-order valence-corrected chi connectivity index (χ2v) is 5.90. The van der Waals surface area contributed by atoms with Gasteiger partial charge in [-0.1, -0.05) is 12.1 Å². The first-order chi connectivity index (χ1) is 12.7. The number of alkyl halides is 3. The van der Waals surface area contributed by atoms with Crippen LogP contribution in [0.5, 0.6) is 5.88 Å². The Kier molecular flexibility index (Phi) is 3.39. The van der Waals surface area contributed by atoms with Gasteiger partial charge in [-0.3, -0.25) is 4.79 Å². The van der Waals surface area contributed by atoms with Gasteiger partial charge in [0.25, 0.3) is 0 Å². The van der Waals surface area contributed by atoms with Gasteiger partial charge in [-0.15, -0.1) is 0 Å². The lowest BCUT2D eigenvalue weighted by Crippen LogP contribution is -2.11. The Morgan fingerprint density at radius 3 is 2.56 bits per heavy atom. The molecule has 0 bridgehead atoms. The van der Waals surface area contributed by atoms with Gasteiger partial charge in [0.1, 0.15) is 5.71 Å². The number of aromatic amines is 1. The molecule has 6 nitrogen and oxygen atoms in total. The number of benzene rings is 2. The van der Waals surface area contributed by atoms with Crippen LogP contribution < -0.4 is 0 Å². The quantitative estimate of drug-likeness (QED) is 0.633. The first-order valence-corrected chi connectivity index (χ1v) is 7.60. The van der Waals surface area contributed by atoms with Crippen molar-refractivity contribution in [2.24, 2.45) is 4.99 Å². The van der Waals surface area contributed by atoms with Crippen LogP contribution in [-0.2, 0) is 6.18 Å². The van der Waals surface area contributed by atoms with Crippen molar-refractivity contribution in [2.75, 3.05) is 0 Å². The number of ketones is 1. The zero-order valence-corrected chi connectivity index (χ0v) is 13.3. The van der Waals surface area contributed by atoms with Gasteiger partial charge >= 0.3 is 12.1 Å². The fourth-order valence-corrected chi connectivity index (χ4v) is 3.10. The molecule has 2 aromatic carbocycles. The highest BCUT2D eigenvalue weighted by Crippen LogP contribution is 2.40. The number of carboxylic acids is 1. The van der Waals surface area contributed by atoms with E-state index in [4.69, 9.17) is 5.11 Å². The van der Waals surface area contributed by atoms with Crippen molar-refractivity contribution in [2.45, 2.75) is 6.18 Å². The van der Waals surface area contributed by atoms with Crippen molar-refractivity contribution in [1.82, 2.24) is 4.98 Å². The molecule has 0 unspecified atom stereocenters. The Balaban J connectivity index is 1.93. The number of para-hydroxylation sites is 1. The normalized spacial score (nSPS) is 13.7. The summed E-state index contributed by atoms with van der Waals surface area (Å²) in [7, 11) is 0. The van der Waals surface area contributed by atoms with Crippen molar-refractivity contribution in [1.29, 1.82) is 0 Å². The van der Waals surface area contributed by atoms with Gasteiger partial charge < -0.3 is 15.2 Å². The van der Waals surface area contributed by atoms with Crippen LogP contribution in [-0.4, -0.2) is 32.7 Å². The number of nitrogens with zero attached hydrogens (tertiary/aromatic N) is 1. The minimum Gasteiger partial charge on any atom is -0.494 e. The molecule has 0 fully saturated rings. The Bertz CT molecular complexity index is 1180. The molecule has 9 heteroatoms. The summed E-state index contributed by atoms with van der Waals surface area (Å²) >= 11 is 0. The van der Waals surface area contributed by atoms with E-state index in [0.717, 1.165) is 12.1 Å². The maximum Gasteiger partial charge on any atom is 0.418 e. The summed E-state index contributed by atoms with van der Waals surface area (Å²) in [5.74, 6) is -2.45. The SMILES string of the molecule is O=C(O)c1ccc2c(c1)N=C(c1c(O)[nH]c3c(C(F)(F)F)cccc13)C2=O.